The third kappa shape index (κ3) is 1.81. The van der Waals surface area contributed by atoms with E-state index in [1.54, 1.807) is 11.3 Å². The number of fused-ring (bicyclic) bond motifs is 1. The summed E-state index contributed by atoms with van der Waals surface area (Å²) in [5.41, 5.74) is 6.58. The molecule has 0 spiro atoms. The van der Waals surface area contributed by atoms with Gasteiger partial charge in [0.1, 0.15) is 0 Å². The maximum atomic E-state index is 5.77. The lowest BCUT2D eigenvalue weighted by Crippen LogP contribution is -1.86. The van der Waals surface area contributed by atoms with Gasteiger partial charge in [0.25, 0.3) is 0 Å². The van der Waals surface area contributed by atoms with Crippen molar-refractivity contribution in [3.8, 4) is 5.06 Å². The number of rotatable bonds is 2. The molecule has 2 rings (SSSR count). The van der Waals surface area contributed by atoms with Gasteiger partial charge in [-0.25, -0.2) is 0 Å². The summed E-state index contributed by atoms with van der Waals surface area (Å²) in [5, 5.41) is 2.19. The fraction of sp³-hybridized carbons (Fsp3) is 0.200. The minimum atomic E-state index is 0.707. The Hall–Kier alpha value is -0.490. The van der Waals surface area contributed by atoms with Crippen LogP contribution >= 0.6 is 33.9 Å². The number of thiophene rings is 1. The molecule has 74 valence electrons. The van der Waals surface area contributed by atoms with Crippen molar-refractivity contribution in [3.05, 3.63) is 21.8 Å². The summed E-state index contributed by atoms with van der Waals surface area (Å²) < 4.78 is 7.83. The number of nitrogens with two attached hydrogens (primary N) is 1. The van der Waals surface area contributed by atoms with Crippen molar-refractivity contribution < 1.29 is 4.74 Å². The highest BCUT2D eigenvalue weighted by Gasteiger charge is 2.06. The predicted octanol–water partition coefficient (Wildman–Crippen LogP) is 3.49. The molecule has 0 saturated carbocycles. The van der Waals surface area contributed by atoms with Gasteiger partial charge in [-0.2, -0.15) is 0 Å². The molecule has 0 aliphatic rings. The zero-order valence-corrected chi connectivity index (χ0v) is 10.7. The number of halogens is 1. The normalized spacial score (nSPS) is 10.7. The van der Waals surface area contributed by atoms with E-state index in [-0.39, 0.29) is 0 Å². The Morgan fingerprint density at radius 1 is 1.43 bits per heavy atom. The second-order valence-electron chi connectivity index (χ2n) is 2.91. The molecule has 4 heteroatoms. The van der Waals surface area contributed by atoms with E-state index in [0.717, 1.165) is 10.8 Å². The number of ether oxygens (including phenoxy) is 1. The molecule has 0 amide bonds. The number of benzene rings is 1. The van der Waals surface area contributed by atoms with Crippen LogP contribution in [-0.2, 0) is 0 Å². The van der Waals surface area contributed by atoms with Crippen molar-refractivity contribution >= 4 is 49.7 Å². The van der Waals surface area contributed by atoms with E-state index < -0.39 is 0 Å². The minimum absolute atomic E-state index is 0.707. The lowest BCUT2D eigenvalue weighted by Gasteiger charge is -1.95. The molecule has 2 aromatic rings. The number of hydrogen-bond donors (Lipinski definition) is 1. The zero-order chi connectivity index (χ0) is 10.1. The van der Waals surface area contributed by atoms with E-state index in [9.17, 15) is 0 Å². The quantitative estimate of drug-likeness (QED) is 0.679. The fourth-order valence-electron chi connectivity index (χ4n) is 1.31. The van der Waals surface area contributed by atoms with Crippen LogP contribution in [0.4, 0.5) is 5.69 Å². The van der Waals surface area contributed by atoms with E-state index in [4.69, 9.17) is 10.5 Å². The van der Waals surface area contributed by atoms with Gasteiger partial charge in [-0.05, 0) is 41.6 Å². The van der Waals surface area contributed by atoms with Gasteiger partial charge >= 0.3 is 0 Å². The molecule has 1 aromatic heterocycles. The molecule has 0 saturated heterocycles. The van der Waals surface area contributed by atoms with Gasteiger partial charge in [0, 0.05) is 25.4 Å². The summed E-state index contributed by atoms with van der Waals surface area (Å²) >= 11 is 3.94. The van der Waals surface area contributed by atoms with Crippen LogP contribution in [0.2, 0.25) is 0 Å². The second-order valence-corrected chi connectivity index (χ2v) is 5.12. The van der Waals surface area contributed by atoms with Crippen LogP contribution in [0.5, 0.6) is 5.06 Å². The van der Waals surface area contributed by atoms with E-state index >= 15 is 0 Å². The molecule has 0 radical (unpaired) electrons. The Morgan fingerprint density at radius 2 is 2.21 bits per heavy atom. The van der Waals surface area contributed by atoms with Crippen molar-refractivity contribution in [1.82, 2.24) is 0 Å². The van der Waals surface area contributed by atoms with Crippen LogP contribution in [0.3, 0.4) is 0 Å². The third-order valence-corrected chi connectivity index (χ3v) is 3.76. The van der Waals surface area contributed by atoms with E-state index in [0.29, 0.717) is 6.61 Å². The highest BCUT2D eigenvalue weighted by Crippen LogP contribution is 2.35. The van der Waals surface area contributed by atoms with Crippen LogP contribution in [0.15, 0.2) is 18.2 Å². The Kier molecular flexibility index (Phi) is 2.83. The second kappa shape index (κ2) is 3.94. The monoisotopic (exact) mass is 319 g/mol. The van der Waals surface area contributed by atoms with E-state index in [2.05, 4.69) is 28.7 Å². The topological polar surface area (TPSA) is 35.2 Å². The first-order chi connectivity index (χ1) is 6.70. The first-order valence-corrected chi connectivity index (χ1v) is 6.21. The maximum absolute atomic E-state index is 5.77. The van der Waals surface area contributed by atoms with Crippen LogP contribution < -0.4 is 10.5 Å². The molecule has 14 heavy (non-hydrogen) atoms. The molecule has 0 aliphatic heterocycles. The molecule has 0 unspecified atom stereocenters. The van der Waals surface area contributed by atoms with Crippen molar-refractivity contribution in [2.24, 2.45) is 0 Å². The molecular weight excluding hydrogens is 309 g/mol. The average molecular weight is 319 g/mol. The summed E-state index contributed by atoms with van der Waals surface area (Å²) in [6.07, 6.45) is 0. The summed E-state index contributed by atoms with van der Waals surface area (Å²) in [5.74, 6) is 0. The Labute approximate surface area is 100 Å². The van der Waals surface area contributed by atoms with Gasteiger partial charge in [-0.1, -0.05) is 11.3 Å². The molecule has 0 bridgehead atoms. The van der Waals surface area contributed by atoms with Gasteiger partial charge in [-0.3, -0.25) is 0 Å². The van der Waals surface area contributed by atoms with Crippen molar-refractivity contribution in [2.75, 3.05) is 12.3 Å². The maximum Gasteiger partial charge on any atom is 0.174 e. The average Bonchev–Trinajstić information content (AvgIpc) is 2.48. The molecule has 0 atom stereocenters. The van der Waals surface area contributed by atoms with E-state index in [1.807, 2.05) is 19.1 Å². The highest BCUT2D eigenvalue weighted by atomic mass is 127. The summed E-state index contributed by atoms with van der Waals surface area (Å²) in [7, 11) is 0. The smallest absolute Gasteiger partial charge is 0.174 e. The van der Waals surface area contributed by atoms with Gasteiger partial charge in [0.05, 0.1) is 6.61 Å². The Morgan fingerprint density at radius 3 is 2.93 bits per heavy atom. The molecule has 0 aliphatic carbocycles. The number of hydrogen-bond acceptors (Lipinski definition) is 3. The van der Waals surface area contributed by atoms with Crippen LogP contribution in [0, 0.1) is 3.57 Å². The highest BCUT2D eigenvalue weighted by molar-refractivity contribution is 14.1. The minimum Gasteiger partial charge on any atom is -0.484 e. The number of anilines is 1. The van der Waals surface area contributed by atoms with Gasteiger partial charge < -0.3 is 10.5 Å². The Bertz CT molecular complexity index is 466. The number of nitrogen functional groups attached to an aromatic ring is 1. The standard InChI is InChI=1S/C10H10INOS/c1-2-13-10-5-7-8(11)3-6(12)4-9(7)14-10/h3-5H,2,12H2,1H3. The molecule has 0 fully saturated rings. The zero-order valence-electron chi connectivity index (χ0n) is 7.71. The predicted molar refractivity (Wildman–Crippen MR) is 70.1 cm³/mol. The molecule has 2 N–H and O–H groups in total. The first kappa shape index (κ1) is 10.0. The first-order valence-electron chi connectivity index (χ1n) is 4.32. The lowest BCUT2D eigenvalue weighted by molar-refractivity contribution is 0.350. The molecule has 1 aromatic carbocycles. The van der Waals surface area contributed by atoms with Crippen molar-refractivity contribution in [3.63, 3.8) is 0 Å². The van der Waals surface area contributed by atoms with Crippen LogP contribution in [0.1, 0.15) is 6.92 Å². The summed E-state index contributed by atoms with van der Waals surface area (Å²) in [6, 6.07) is 6.04. The summed E-state index contributed by atoms with van der Waals surface area (Å²) in [6.45, 7) is 2.70. The lowest BCUT2D eigenvalue weighted by atomic mass is 10.2. The molecular formula is C10H10INOS. The van der Waals surface area contributed by atoms with Gasteiger partial charge in [-0.15, -0.1) is 0 Å². The largest absolute Gasteiger partial charge is 0.484 e. The van der Waals surface area contributed by atoms with Crippen molar-refractivity contribution in [1.29, 1.82) is 0 Å². The van der Waals surface area contributed by atoms with Crippen molar-refractivity contribution in [2.45, 2.75) is 6.92 Å². The van der Waals surface area contributed by atoms with Crippen LogP contribution in [0.25, 0.3) is 10.1 Å². The third-order valence-electron chi connectivity index (χ3n) is 1.87. The molecule has 2 nitrogen and oxygen atoms in total. The summed E-state index contributed by atoms with van der Waals surface area (Å²) in [4.78, 5) is 0. The fourth-order valence-corrected chi connectivity index (χ4v) is 3.34. The van der Waals surface area contributed by atoms with E-state index in [1.165, 1.54) is 13.7 Å². The van der Waals surface area contributed by atoms with Gasteiger partial charge in [0.2, 0.25) is 0 Å². The Balaban J connectivity index is 2.58. The SMILES string of the molecule is CCOc1cc2c(I)cc(N)cc2s1. The van der Waals surface area contributed by atoms with Crippen LogP contribution in [-0.4, -0.2) is 6.61 Å². The van der Waals surface area contributed by atoms with Gasteiger partial charge in [0.15, 0.2) is 5.06 Å². The molecule has 1 heterocycles.